The second kappa shape index (κ2) is 4.88. The molecule has 0 atom stereocenters. The van der Waals surface area contributed by atoms with Gasteiger partial charge in [0.1, 0.15) is 11.6 Å². The van der Waals surface area contributed by atoms with Crippen molar-refractivity contribution in [2.45, 2.75) is 6.42 Å². The molecule has 0 bridgehead atoms. The predicted molar refractivity (Wildman–Crippen MR) is 53.0 cm³/mol. The van der Waals surface area contributed by atoms with Crippen LogP contribution in [-0.2, 0) is 0 Å². The molecule has 0 aliphatic heterocycles. The molecule has 0 unspecified atom stereocenters. The van der Waals surface area contributed by atoms with Gasteiger partial charge in [0.05, 0.1) is 6.61 Å². The Morgan fingerprint density at radius 3 is 2.85 bits per heavy atom. The quantitative estimate of drug-likeness (QED) is 0.585. The van der Waals surface area contributed by atoms with Crippen LogP contribution in [0, 0.1) is 18.2 Å². The molecule has 0 heterocycles. The van der Waals surface area contributed by atoms with E-state index in [9.17, 15) is 4.39 Å². The Hall–Kier alpha value is -1.01. The van der Waals surface area contributed by atoms with Crippen LogP contribution in [0.5, 0.6) is 5.75 Å². The number of benzene rings is 1. The summed E-state index contributed by atoms with van der Waals surface area (Å²) in [6.45, 7) is 0.409. The van der Waals surface area contributed by atoms with Crippen LogP contribution >= 0.6 is 15.9 Å². The minimum atomic E-state index is -0.329. The monoisotopic (exact) mass is 242 g/mol. The molecule has 1 aromatic carbocycles. The Bertz CT molecular complexity index is 310. The average molecular weight is 243 g/mol. The van der Waals surface area contributed by atoms with Gasteiger partial charge in [0, 0.05) is 17.0 Å². The van der Waals surface area contributed by atoms with E-state index in [4.69, 9.17) is 11.2 Å². The lowest BCUT2D eigenvalue weighted by atomic mass is 10.3. The largest absolute Gasteiger partial charge is 0.492 e. The fourth-order valence-electron chi connectivity index (χ4n) is 0.840. The molecule has 0 saturated heterocycles. The van der Waals surface area contributed by atoms with E-state index in [0.717, 1.165) is 0 Å². The molecule has 0 aliphatic rings. The van der Waals surface area contributed by atoms with Crippen LogP contribution in [0.3, 0.4) is 0 Å². The van der Waals surface area contributed by atoms with Crippen molar-refractivity contribution in [1.29, 1.82) is 0 Å². The molecule has 3 heteroatoms. The van der Waals surface area contributed by atoms with Crippen molar-refractivity contribution in [3.05, 3.63) is 28.5 Å². The van der Waals surface area contributed by atoms with Gasteiger partial charge in [0.25, 0.3) is 0 Å². The molecule has 1 rings (SSSR count). The number of ether oxygens (including phenoxy) is 1. The fraction of sp³-hybridized carbons (Fsp3) is 0.200. The Morgan fingerprint density at radius 2 is 2.23 bits per heavy atom. The summed E-state index contributed by atoms with van der Waals surface area (Å²) in [7, 11) is 0. The molecule has 1 nitrogen and oxygen atoms in total. The normalized spacial score (nSPS) is 9.31. The lowest BCUT2D eigenvalue weighted by Gasteiger charge is -2.04. The zero-order valence-corrected chi connectivity index (χ0v) is 8.47. The molecular formula is C10H8BrFO. The van der Waals surface area contributed by atoms with Crippen molar-refractivity contribution in [1.82, 2.24) is 0 Å². The number of terminal acetylenes is 1. The van der Waals surface area contributed by atoms with E-state index in [-0.39, 0.29) is 5.82 Å². The topological polar surface area (TPSA) is 9.23 Å². The van der Waals surface area contributed by atoms with Crippen LogP contribution in [0.1, 0.15) is 6.42 Å². The highest BCUT2D eigenvalue weighted by Crippen LogP contribution is 2.20. The summed E-state index contributed by atoms with van der Waals surface area (Å²) in [5.41, 5.74) is 0. The summed E-state index contributed by atoms with van der Waals surface area (Å²) in [4.78, 5) is 0. The van der Waals surface area contributed by atoms with Gasteiger partial charge in [-0.05, 0) is 12.1 Å². The van der Waals surface area contributed by atoms with Crippen molar-refractivity contribution in [2.75, 3.05) is 6.61 Å². The Balaban J connectivity index is 2.62. The molecule has 0 amide bonds. The van der Waals surface area contributed by atoms with Gasteiger partial charge in [-0.3, -0.25) is 0 Å². The standard InChI is InChI=1S/C10H8BrFO/c1-2-3-4-13-10-6-8(11)5-9(12)7-10/h1,5-7H,3-4H2. The molecular weight excluding hydrogens is 235 g/mol. The second-order valence-corrected chi connectivity index (χ2v) is 3.32. The number of rotatable bonds is 3. The van der Waals surface area contributed by atoms with Gasteiger partial charge >= 0.3 is 0 Å². The molecule has 0 saturated carbocycles. The molecule has 0 spiro atoms. The molecule has 13 heavy (non-hydrogen) atoms. The highest BCUT2D eigenvalue weighted by molar-refractivity contribution is 9.10. The SMILES string of the molecule is C#CCCOc1cc(F)cc(Br)c1. The van der Waals surface area contributed by atoms with Crippen molar-refractivity contribution in [3.63, 3.8) is 0 Å². The minimum Gasteiger partial charge on any atom is -0.492 e. The summed E-state index contributed by atoms with van der Waals surface area (Å²) >= 11 is 3.16. The zero-order valence-electron chi connectivity index (χ0n) is 6.89. The van der Waals surface area contributed by atoms with E-state index < -0.39 is 0 Å². The smallest absolute Gasteiger partial charge is 0.128 e. The number of hydrogen-bond acceptors (Lipinski definition) is 1. The first-order valence-corrected chi connectivity index (χ1v) is 4.54. The first kappa shape index (κ1) is 10.1. The fourth-order valence-corrected chi connectivity index (χ4v) is 1.28. The van der Waals surface area contributed by atoms with Crippen molar-refractivity contribution in [2.24, 2.45) is 0 Å². The lowest BCUT2D eigenvalue weighted by Crippen LogP contribution is -1.95. The summed E-state index contributed by atoms with van der Waals surface area (Å²) in [6, 6.07) is 4.38. The van der Waals surface area contributed by atoms with Crippen LogP contribution in [0.15, 0.2) is 22.7 Å². The van der Waals surface area contributed by atoms with Crippen LogP contribution in [-0.4, -0.2) is 6.61 Å². The van der Waals surface area contributed by atoms with Crippen LogP contribution in [0.25, 0.3) is 0 Å². The molecule has 0 N–H and O–H groups in total. The van der Waals surface area contributed by atoms with Gasteiger partial charge in [0.15, 0.2) is 0 Å². The average Bonchev–Trinajstić information content (AvgIpc) is 2.03. The van der Waals surface area contributed by atoms with Gasteiger partial charge in [-0.15, -0.1) is 12.3 Å². The molecule has 0 aliphatic carbocycles. The van der Waals surface area contributed by atoms with E-state index >= 15 is 0 Å². The van der Waals surface area contributed by atoms with Crippen LogP contribution < -0.4 is 4.74 Å². The predicted octanol–water partition coefficient (Wildman–Crippen LogP) is 2.99. The zero-order chi connectivity index (χ0) is 9.68. The highest BCUT2D eigenvalue weighted by Gasteiger charge is 1.98. The first-order valence-electron chi connectivity index (χ1n) is 3.75. The number of hydrogen-bond donors (Lipinski definition) is 0. The summed E-state index contributed by atoms with van der Waals surface area (Å²) in [5.74, 6) is 2.60. The van der Waals surface area contributed by atoms with Gasteiger partial charge in [0.2, 0.25) is 0 Å². The van der Waals surface area contributed by atoms with E-state index in [1.54, 1.807) is 6.07 Å². The Kier molecular flexibility index (Phi) is 3.78. The van der Waals surface area contributed by atoms with Crippen molar-refractivity contribution >= 4 is 15.9 Å². The van der Waals surface area contributed by atoms with Crippen LogP contribution in [0.4, 0.5) is 4.39 Å². The van der Waals surface area contributed by atoms with Gasteiger partial charge in [-0.25, -0.2) is 4.39 Å². The lowest BCUT2D eigenvalue weighted by molar-refractivity contribution is 0.325. The van der Waals surface area contributed by atoms with Gasteiger partial charge in [-0.1, -0.05) is 15.9 Å². The van der Waals surface area contributed by atoms with E-state index in [0.29, 0.717) is 23.2 Å². The number of halogens is 2. The minimum absolute atomic E-state index is 0.329. The van der Waals surface area contributed by atoms with E-state index in [1.165, 1.54) is 12.1 Å². The summed E-state index contributed by atoms with van der Waals surface area (Å²) in [5, 5.41) is 0. The molecule has 0 fully saturated rings. The second-order valence-electron chi connectivity index (χ2n) is 2.41. The first-order chi connectivity index (χ1) is 6.22. The Labute approximate surface area is 85.0 Å². The van der Waals surface area contributed by atoms with Gasteiger partial charge < -0.3 is 4.74 Å². The van der Waals surface area contributed by atoms with Crippen LogP contribution in [0.2, 0.25) is 0 Å². The maximum absolute atomic E-state index is 12.8. The molecule has 1 aromatic rings. The molecule has 0 aromatic heterocycles. The molecule has 68 valence electrons. The third-order valence-electron chi connectivity index (χ3n) is 1.35. The van der Waals surface area contributed by atoms with Crippen molar-refractivity contribution in [3.8, 4) is 18.1 Å². The highest BCUT2D eigenvalue weighted by atomic mass is 79.9. The molecule has 0 radical (unpaired) electrons. The third kappa shape index (κ3) is 3.47. The summed E-state index contributed by atoms with van der Waals surface area (Å²) < 4.78 is 18.6. The van der Waals surface area contributed by atoms with Gasteiger partial charge in [-0.2, -0.15) is 0 Å². The van der Waals surface area contributed by atoms with E-state index in [1.807, 2.05) is 0 Å². The maximum Gasteiger partial charge on any atom is 0.128 e. The Morgan fingerprint density at radius 1 is 1.46 bits per heavy atom. The van der Waals surface area contributed by atoms with Crippen molar-refractivity contribution < 1.29 is 9.13 Å². The third-order valence-corrected chi connectivity index (χ3v) is 1.81. The van der Waals surface area contributed by atoms with E-state index in [2.05, 4.69) is 21.9 Å². The maximum atomic E-state index is 12.8. The summed E-state index contributed by atoms with van der Waals surface area (Å²) in [6.07, 6.45) is 5.56.